The molecule has 1 aromatic carbocycles. The number of nitrogens with zero attached hydrogens (tertiary/aromatic N) is 2. The molecule has 1 saturated heterocycles. The molecule has 3 atom stereocenters. The molecule has 4 rings (SSSR count). The van der Waals surface area contributed by atoms with Crippen LogP contribution in [-0.4, -0.2) is 26.5 Å². The summed E-state index contributed by atoms with van der Waals surface area (Å²) in [6.45, 7) is 2.21. The quantitative estimate of drug-likeness (QED) is 0.650. The van der Waals surface area contributed by atoms with Crippen LogP contribution in [0.25, 0.3) is 11.4 Å². The minimum Gasteiger partial charge on any atom is -0.412 e. The molecule has 3 aliphatic heterocycles. The molecule has 1 fully saturated rings. The first-order valence-corrected chi connectivity index (χ1v) is 8.86. The van der Waals surface area contributed by atoms with Crippen LogP contribution in [-0.2, 0) is 0 Å². The van der Waals surface area contributed by atoms with Crippen molar-refractivity contribution in [3.8, 4) is 11.4 Å². The molecule has 0 radical (unpaired) electrons. The lowest BCUT2D eigenvalue weighted by Crippen LogP contribution is -2.38. The molecule has 0 aliphatic carbocycles. The summed E-state index contributed by atoms with van der Waals surface area (Å²) in [5.74, 6) is 1.38. The summed E-state index contributed by atoms with van der Waals surface area (Å²) in [5.41, 5.74) is 3.11. The van der Waals surface area contributed by atoms with Crippen LogP contribution in [0.15, 0.2) is 36.7 Å². The Morgan fingerprint density at radius 3 is 2.65 bits per heavy atom. The van der Waals surface area contributed by atoms with E-state index in [-0.39, 0.29) is 23.9 Å². The summed E-state index contributed by atoms with van der Waals surface area (Å²) >= 11 is 12.2. The molecular weight excluding hydrogens is 395 g/mol. The topological polar surface area (TPSA) is 85.1 Å². The summed E-state index contributed by atoms with van der Waals surface area (Å²) in [7, 11) is 0. The highest BCUT2D eigenvalue weighted by Gasteiger charge is 2.29. The lowest BCUT2D eigenvalue weighted by molar-refractivity contribution is 0.299. The van der Waals surface area contributed by atoms with Crippen molar-refractivity contribution in [2.24, 2.45) is 0 Å². The lowest BCUT2D eigenvalue weighted by Gasteiger charge is -2.35. The number of rotatable bonds is 2. The SMILES string of the molecule is CC1CC(c2ncc3nccc-3[nH]2)CC(c2ccc(Cl)c(Cl)c2)N1.Cl.O. The minimum absolute atomic E-state index is 0. The lowest BCUT2D eigenvalue weighted by atomic mass is 9.85. The van der Waals surface area contributed by atoms with E-state index in [4.69, 9.17) is 23.2 Å². The van der Waals surface area contributed by atoms with Gasteiger partial charge in [0.2, 0.25) is 0 Å². The van der Waals surface area contributed by atoms with Gasteiger partial charge in [0.1, 0.15) is 11.5 Å². The number of aromatic amines is 1. The van der Waals surface area contributed by atoms with Crippen molar-refractivity contribution in [2.75, 3.05) is 0 Å². The molecule has 5 nitrogen and oxygen atoms in total. The zero-order chi connectivity index (χ0) is 16.7. The minimum atomic E-state index is 0. The van der Waals surface area contributed by atoms with Crippen LogP contribution in [0.3, 0.4) is 0 Å². The monoisotopic (exact) mass is 414 g/mol. The Labute approximate surface area is 168 Å². The molecule has 0 amide bonds. The average Bonchev–Trinajstić information content (AvgIpc) is 3.04. The Morgan fingerprint density at radius 2 is 1.88 bits per heavy atom. The van der Waals surface area contributed by atoms with E-state index in [1.54, 1.807) is 6.20 Å². The molecule has 0 saturated carbocycles. The summed E-state index contributed by atoms with van der Waals surface area (Å²) in [5, 5.41) is 4.84. The van der Waals surface area contributed by atoms with Gasteiger partial charge in [0.25, 0.3) is 0 Å². The molecule has 3 aliphatic rings. The number of piperidine rings is 1. The van der Waals surface area contributed by atoms with Crippen molar-refractivity contribution < 1.29 is 5.48 Å². The Morgan fingerprint density at radius 1 is 1.08 bits per heavy atom. The van der Waals surface area contributed by atoms with Crippen LogP contribution in [0, 0.1) is 0 Å². The highest BCUT2D eigenvalue weighted by Crippen LogP contribution is 2.37. The van der Waals surface area contributed by atoms with Crippen LogP contribution < -0.4 is 5.32 Å². The Bertz CT molecular complexity index is 841. The third kappa shape index (κ3) is 4.13. The standard InChI is InChI=1S/C18H18Cl2N4.ClH.H2O/c1-10-6-12(18-22-9-17-15(24-18)4-5-21-17)8-16(23-10)11-2-3-13(19)14(20)7-11;;/h2-5,7,9-10,12,16,23H,6,8H2,1H3,(H,22,24);1H;1H2. The first-order valence-electron chi connectivity index (χ1n) is 8.11. The molecule has 26 heavy (non-hydrogen) atoms. The molecule has 0 spiro atoms. The highest BCUT2D eigenvalue weighted by atomic mass is 35.5. The molecule has 4 N–H and O–H groups in total. The maximum absolute atomic E-state index is 6.19. The van der Waals surface area contributed by atoms with E-state index in [0.29, 0.717) is 22.0 Å². The number of hydrogen-bond donors (Lipinski definition) is 2. The van der Waals surface area contributed by atoms with Gasteiger partial charge in [-0.2, -0.15) is 0 Å². The second-order valence-electron chi connectivity index (χ2n) is 6.47. The fourth-order valence-corrected chi connectivity index (χ4v) is 3.84. The first kappa shape index (κ1) is 20.9. The van der Waals surface area contributed by atoms with Crippen molar-refractivity contribution >= 4 is 35.6 Å². The van der Waals surface area contributed by atoms with E-state index in [1.807, 2.05) is 30.5 Å². The van der Waals surface area contributed by atoms with E-state index < -0.39 is 0 Å². The van der Waals surface area contributed by atoms with Crippen LogP contribution in [0.1, 0.15) is 43.1 Å². The molecule has 0 aromatic heterocycles. The maximum Gasteiger partial charge on any atom is 0.109 e. The van der Waals surface area contributed by atoms with Crippen molar-refractivity contribution in [3.05, 3.63) is 58.1 Å². The third-order valence-corrected chi connectivity index (χ3v) is 5.44. The second kappa shape index (κ2) is 8.55. The van der Waals surface area contributed by atoms with Crippen LogP contribution >= 0.6 is 35.6 Å². The van der Waals surface area contributed by atoms with Gasteiger partial charge in [-0.25, -0.2) is 4.98 Å². The van der Waals surface area contributed by atoms with Crippen molar-refractivity contribution in [2.45, 2.75) is 37.8 Å². The normalized spacial score (nSPS) is 22.5. The fraction of sp³-hybridized carbons (Fsp3) is 0.333. The number of nitrogens with one attached hydrogen (secondary N) is 2. The Hall–Kier alpha value is -1.37. The summed E-state index contributed by atoms with van der Waals surface area (Å²) in [4.78, 5) is 12.3. The first-order chi connectivity index (χ1) is 11.6. The second-order valence-corrected chi connectivity index (χ2v) is 7.29. The smallest absolute Gasteiger partial charge is 0.109 e. The molecule has 8 heteroatoms. The van der Waals surface area contributed by atoms with Gasteiger partial charge in [-0.05, 0) is 43.5 Å². The van der Waals surface area contributed by atoms with Crippen LogP contribution in [0.2, 0.25) is 10.0 Å². The van der Waals surface area contributed by atoms with Gasteiger partial charge in [-0.3, -0.25) is 4.98 Å². The van der Waals surface area contributed by atoms with Gasteiger partial charge in [-0.1, -0.05) is 29.3 Å². The fourth-order valence-electron chi connectivity index (χ4n) is 3.54. The van der Waals surface area contributed by atoms with Gasteiger partial charge in [-0.15, -0.1) is 12.4 Å². The number of H-pyrrole nitrogens is 1. The predicted octanol–water partition coefficient (Wildman–Crippen LogP) is 4.41. The van der Waals surface area contributed by atoms with E-state index >= 15 is 0 Å². The molecule has 1 aromatic rings. The zero-order valence-corrected chi connectivity index (χ0v) is 16.5. The van der Waals surface area contributed by atoms with Gasteiger partial charge >= 0.3 is 0 Å². The van der Waals surface area contributed by atoms with Crippen LogP contribution in [0.5, 0.6) is 0 Å². The zero-order valence-electron chi connectivity index (χ0n) is 14.2. The van der Waals surface area contributed by atoms with Gasteiger partial charge in [0.15, 0.2) is 0 Å². The summed E-state index contributed by atoms with van der Waals surface area (Å²) in [6, 6.07) is 8.48. The van der Waals surface area contributed by atoms with Crippen molar-refractivity contribution in [1.29, 1.82) is 0 Å². The van der Waals surface area contributed by atoms with E-state index in [9.17, 15) is 0 Å². The molecule has 3 heterocycles. The molecular formula is C18H21Cl3N4O. The molecule has 3 unspecified atom stereocenters. The third-order valence-electron chi connectivity index (χ3n) is 4.70. The number of hydrogen-bond acceptors (Lipinski definition) is 3. The Kier molecular flexibility index (Phi) is 6.88. The van der Waals surface area contributed by atoms with Gasteiger partial charge in [0, 0.05) is 24.2 Å². The highest BCUT2D eigenvalue weighted by molar-refractivity contribution is 6.42. The summed E-state index contributed by atoms with van der Waals surface area (Å²) in [6.07, 6.45) is 5.66. The Balaban J connectivity index is 0.00000121. The number of aromatic nitrogens is 3. The maximum atomic E-state index is 6.19. The van der Waals surface area contributed by atoms with Crippen LogP contribution in [0.4, 0.5) is 0 Å². The summed E-state index contributed by atoms with van der Waals surface area (Å²) < 4.78 is 0. The van der Waals surface area contributed by atoms with E-state index in [0.717, 1.165) is 35.6 Å². The van der Waals surface area contributed by atoms with Gasteiger partial charge < -0.3 is 15.8 Å². The van der Waals surface area contributed by atoms with E-state index in [2.05, 4.69) is 27.2 Å². The van der Waals surface area contributed by atoms with Gasteiger partial charge in [0.05, 0.1) is 21.9 Å². The largest absolute Gasteiger partial charge is 0.412 e. The van der Waals surface area contributed by atoms with Crippen molar-refractivity contribution in [3.63, 3.8) is 0 Å². The predicted molar refractivity (Wildman–Crippen MR) is 108 cm³/mol. The number of halogens is 3. The number of benzene rings is 1. The van der Waals surface area contributed by atoms with Crippen molar-refractivity contribution in [1.82, 2.24) is 20.3 Å². The molecule has 0 bridgehead atoms. The number of fused-ring (bicyclic) bond motifs is 1. The average molecular weight is 416 g/mol. The van der Waals surface area contributed by atoms with E-state index in [1.165, 1.54) is 0 Å². The molecule has 140 valence electrons.